The molecule has 0 aliphatic heterocycles. The predicted octanol–water partition coefficient (Wildman–Crippen LogP) is 3.72. The lowest BCUT2D eigenvalue weighted by Gasteiger charge is -2.16. The van der Waals surface area contributed by atoms with Gasteiger partial charge in [0.15, 0.2) is 5.58 Å². The molecule has 0 spiro atoms. The molecule has 0 saturated heterocycles. The third-order valence-corrected chi connectivity index (χ3v) is 2.77. The normalized spacial score (nSPS) is 12.2. The van der Waals surface area contributed by atoms with Gasteiger partial charge in [0.2, 0.25) is 0 Å². The van der Waals surface area contributed by atoms with E-state index >= 15 is 0 Å². The van der Waals surface area contributed by atoms with Crippen molar-refractivity contribution in [2.24, 2.45) is 0 Å². The molecule has 2 heterocycles. The van der Waals surface area contributed by atoms with Crippen molar-refractivity contribution in [1.82, 2.24) is 4.98 Å². The van der Waals surface area contributed by atoms with Crippen molar-refractivity contribution in [3.05, 3.63) is 24.6 Å². The molecule has 0 amide bonds. The summed E-state index contributed by atoms with van der Waals surface area (Å²) in [5.74, 6) is 0. The highest BCUT2D eigenvalue weighted by Crippen LogP contribution is 2.32. The van der Waals surface area contributed by atoms with Crippen LogP contribution in [0.4, 0.5) is 0 Å². The van der Waals surface area contributed by atoms with Crippen molar-refractivity contribution in [1.29, 1.82) is 0 Å². The highest BCUT2D eigenvalue weighted by atomic mass is 32.2. The molecule has 0 unspecified atom stereocenters. The Labute approximate surface area is 87.7 Å². The van der Waals surface area contributed by atoms with Crippen molar-refractivity contribution in [2.75, 3.05) is 0 Å². The lowest BCUT2D eigenvalue weighted by Crippen LogP contribution is -2.06. The smallest absolute Gasteiger partial charge is 0.153 e. The van der Waals surface area contributed by atoms with Crippen LogP contribution >= 0.6 is 11.8 Å². The van der Waals surface area contributed by atoms with Gasteiger partial charge >= 0.3 is 0 Å². The van der Waals surface area contributed by atoms with Crippen LogP contribution < -0.4 is 0 Å². The van der Waals surface area contributed by atoms with Gasteiger partial charge in [-0.2, -0.15) is 0 Å². The molecular formula is C11H13NOS. The molecule has 2 aromatic heterocycles. The molecule has 3 heteroatoms. The van der Waals surface area contributed by atoms with Crippen LogP contribution in [0.25, 0.3) is 11.1 Å². The second kappa shape index (κ2) is 3.31. The quantitative estimate of drug-likeness (QED) is 0.666. The number of aromatic nitrogens is 1. The number of fused-ring (bicyclic) bond motifs is 1. The standard InChI is InChI=1S/C11H13NOS/c1-11(2,3)14-8-6-10-9(12-7-8)4-5-13-10/h4-7H,1-3H3. The van der Waals surface area contributed by atoms with Gasteiger partial charge in [0.25, 0.3) is 0 Å². The van der Waals surface area contributed by atoms with Gasteiger partial charge in [-0.25, -0.2) is 0 Å². The molecule has 2 nitrogen and oxygen atoms in total. The average molecular weight is 207 g/mol. The van der Waals surface area contributed by atoms with E-state index in [1.165, 1.54) is 0 Å². The van der Waals surface area contributed by atoms with Gasteiger partial charge in [0.05, 0.1) is 6.26 Å². The van der Waals surface area contributed by atoms with Gasteiger partial charge in [-0.3, -0.25) is 4.98 Å². The third kappa shape index (κ3) is 2.10. The van der Waals surface area contributed by atoms with Crippen molar-refractivity contribution in [3.63, 3.8) is 0 Å². The zero-order valence-electron chi connectivity index (χ0n) is 8.57. The van der Waals surface area contributed by atoms with Gasteiger partial charge in [-0.1, -0.05) is 20.8 Å². The number of furan rings is 1. The van der Waals surface area contributed by atoms with E-state index in [9.17, 15) is 0 Å². The van der Waals surface area contributed by atoms with Crippen LogP contribution in [0.2, 0.25) is 0 Å². The maximum Gasteiger partial charge on any atom is 0.153 e. The fourth-order valence-corrected chi connectivity index (χ4v) is 2.22. The zero-order valence-corrected chi connectivity index (χ0v) is 9.39. The Kier molecular flexibility index (Phi) is 2.27. The monoisotopic (exact) mass is 207 g/mol. The van der Waals surface area contributed by atoms with E-state index in [-0.39, 0.29) is 4.75 Å². The predicted molar refractivity (Wildman–Crippen MR) is 59.6 cm³/mol. The molecule has 74 valence electrons. The first-order valence-corrected chi connectivity index (χ1v) is 5.38. The van der Waals surface area contributed by atoms with E-state index in [0.29, 0.717) is 0 Å². The number of rotatable bonds is 1. The Morgan fingerprint density at radius 2 is 2.14 bits per heavy atom. The van der Waals surface area contributed by atoms with Gasteiger partial charge in [-0.05, 0) is 6.07 Å². The highest BCUT2D eigenvalue weighted by Gasteiger charge is 2.12. The first-order valence-electron chi connectivity index (χ1n) is 4.57. The maximum absolute atomic E-state index is 5.30. The molecule has 2 aromatic rings. The van der Waals surface area contributed by atoms with E-state index in [0.717, 1.165) is 16.0 Å². The Bertz CT molecular complexity index is 442. The van der Waals surface area contributed by atoms with Crippen LogP contribution in [0.15, 0.2) is 33.9 Å². The van der Waals surface area contributed by atoms with Crippen LogP contribution in [0, 0.1) is 0 Å². The SMILES string of the molecule is CC(C)(C)Sc1cnc2ccoc2c1. The number of nitrogens with zero attached hydrogens (tertiary/aromatic N) is 1. The van der Waals surface area contributed by atoms with Crippen molar-refractivity contribution in [2.45, 2.75) is 30.4 Å². The van der Waals surface area contributed by atoms with E-state index in [2.05, 4.69) is 25.8 Å². The number of thioether (sulfide) groups is 1. The summed E-state index contributed by atoms with van der Waals surface area (Å²) in [4.78, 5) is 5.46. The Hall–Kier alpha value is -0.960. The second-order valence-corrected chi connectivity index (χ2v) is 6.09. The first kappa shape index (κ1) is 9.59. The fraction of sp³-hybridized carbons (Fsp3) is 0.364. The number of pyridine rings is 1. The van der Waals surface area contributed by atoms with Gasteiger partial charge in [0, 0.05) is 21.9 Å². The van der Waals surface area contributed by atoms with E-state index in [4.69, 9.17) is 4.42 Å². The second-order valence-electron chi connectivity index (χ2n) is 4.19. The zero-order chi connectivity index (χ0) is 10.2. The van der Waals surface area contributed by atoms with E-state index < -0.39 is 0 Å². The molecule has 2 rings (SSSR count). The number of hydrogen-bond acceptors (Lipinski definition) is 3. The minimum Gasteiger partial charge on any atom is -0.463 e. The summed E-state index contributed by atoms with van der Waals surface area (Å²) in [6, 6.07) is 3.92. The van der Waals surface area contributed by atoms with Crippen molar-refractivity contribution < 1.29 is 4.42 Å². The molecule has 0 fully saturated rings. The van der Waals surface area contributed by atoms with Crippen LogP contribution in [0.1, 0.15) is 20.8 Å². The Balaban J connectivity index is 2.35. The van der Waals surface area contributed by atoms with Gasteiger partial charge in [0.1, 0.15) is 5.52 Å². The summed E-state index contributed by atoms with van der Waals surface area (Å²) >= 11 is 1.80. The molecule has 0 aliphatic rings. The molecule has 0 saturated carbocycles. The summed E-state index contributed by atoms with van der Waals surface area (Å²) in [6.45, 7) is 6.55. The van der Waals surface area contributed by atoms with Gasteiger partial charge < -0.3 is 4.42 Å². The first-order chi connectivity index (χ1) is 6.54. The topological polar surface area (TPSA) is 26.0 Å². The van der Waals surface area contributed by atoms with Crippen LogP contribution in [0.5, 0.6) is 0 Å². The van der Waals surface area contributed by atoms with E-state index in [1.807, 2.05) is 18.3 Å². The van der Waals surface area contributed by atoms with Crippen LogP contribution in [-0.4, -0.2) is 9.73 Å². The Morgan fingerprint density at radius 1 is 1.36 bits per heavy atom. The highest BCUT2D eigenvalue weighted by molar-refractivity contribution is 8.00. The van der Waals surface area contributed by atoms with Crippen molar-refractivity contribution >= 4 is 22.9 Å². The lowest BCUT2D eigenvalue weighted by atomic mass is 10.3. The third-order valence-electron chi connectivity index (χ3n) is 1.70. The minimum absolute atomic E-state index is 0.210. The fourth-order valence-electron chi connectivity index (χ4n) is 1.24. The van der Waals surface area contributed by atoms with Crippen LogP contribution in [-0.2, 0) is 0 Å². The lowest BCUT2D eigenvalue weighted by molar-refractivity contribution is 0.614. The molecule has 14 heavy (non-hydrogen) atoms. The molecule has 0 aromatic carbocycles. The van der Waals surface area contributed by atoms with Crippen molar-refractivity contribution in [3.8, 4) is 0 Å². The Morgan fingerprint density at radius 3 is 2.86 bits per heavy atom. The summed E-state index contributed by atoms with van der Waals surface area (Å²) in [5.41, 5.74) is 1.78. The summed E-state index contributed by atoms with van der Waals surface area (Å²) < 4.78 is 5.51. The number of hydrogen-bond donors (Lipinski definition) is 0. The molecule has 0 atom stereocenters. The molecular weight excluding hydrogens is 194 g/mol. The van der Waals surface area contributed by atoms with E-state index in [1.54, 1.807) is 18.0 Å². The summed E-state index contributed by atoms with van der Waals surface area (Å²) in [6.07, 6.45) is 3.57. The average Bonchev–Trinajstić information content (AvgIpc) is 2.47. The largest absolute Gasteiger partial charge is 0.463 e. The maximum atomic E-state index is 5.30. The van der Waals surface area contributed by atoms with Crippen LogP contribution in [0.3, 0.4) is 0 Å². The molecule has 0 N–H and O–H groups in total. The summed E-state index contributed by atoms with van der Waals surface area (Å²) in [5, 5.41) is 0. The minimum atomic E-state index is 0.210. The molecule has 0 bridgehead atoms. The molecule has 0 aliphatic carbocycles. The van der Waals surface area contributed by atoms with Gasteiger partial charge in [-0.15, -0.1) is 11.8 Å². The molecule has 0 radical (unpaired) electrons. The summed E-state index contributed by atoms with van der Waals surface area (Å²) in [7, 11) is 0.